The van der Waals surface area contributed by atoms with Crippen molar-refractivity contribution in [2.75, 3.05) is 20.7 Å². The molecule has 0 aliphatic rings. The van der Waals surface area contributed by atoms with Crippen molar-refractivity contribution in [2.24, 2.45) is 5.92 Å². The van der Waals surface area contributed by atoms with Crippen molar-refractivity contribution < 1.29 is 19.5 Å². The zero-order valence-corrected chi connectivity index (χ0v) is 8.90. The fourth-order valence-corrected chi connectivity index (χ4v) is 1.03. The predicted molar refractivity (Wildman–Crippen MR) is 54.1 cm³/mol. The number of hydrogen-bond donors (Lipinski definition) is 2. The van der Waals surface area contributed by atoms with Crippen LogP contribution in [-0.4, -0.2) is 42.9 Å². The fourth-order valence-electron chi connectivity index (χ4n) is 1.03. The lowest BCUT2D eigenvalue weighted by atomic mass is 10.0. The topological polar surface area (TPSA) is 78.9 Å². The first kappa shape index (κ1) is 13.4. The third-order valence-electron chi connectivity index (χ3n) is 1.88. The Morgan fingerprint density at radius 3 is 2.67 bits per heavy atom. The van der Waals surface area contributed by atoms with Gasteiger partial charge in [-0.3, -0.25) is 9.63 Å². The van der Waals surface area contributed by atoms with Crippen molar-refractivity contribution in [3.8, 4) is 0 Å². The smallest absolute Gasteiger partial charge is 0.404 e. The molecule has 2 N–H and O–H groups in total. The number of allylic oxidation sites excluding steroid dienone is 1. The Morgan fingerprint density at radius 1 is 1.67 bits per heavy atom. The van der Waals surface area contributed by atoms with E-state index >= 15 is 0 Å². The van der Waals surface area contributed by atoms with Crippen molar-refractivity contribution in [2.45, 2.75) is 6.42 Å². The van der Waals surface area contributed by atoms with Crippen LogP contribution in [-0.2, 0) is 9.63 Å². The summed E-state index contributed by atoms with van der Waals surface area (Å²) in [4.78, 5) is 26.6. The average Bonchev–Trinajstić information content (AvgIpc) is 2.21. The molecular weight excluding hydrogens is 200 g/mol. The van der Waals surface area contributed by atoms with E-state index < -0.39 is 12.0 Å². The van der Waals surface area contributed by atoms with Gasteiger partial charge in [-0.25, -0.2) is 9.86 Å². The van der Waals surface area contributed by atoms with Crippen LogP contribution < -0.4 is 5.32 Å². The minimum absolute atomic E-state index is 0.0495. The summed E-state index contributed by atoms with van der Waals surface area (Å²) in [6.07, 6.45) is 0.805. The highest BCUT2D eigenvalue weighted by Gasteiger charge is 2.21. The molecule has 2 amide bonds. The van der Waals surface area contributed by atoms with Crippen LogP contribution in [0.1, 0.15) is 6.42 Å². The molecule has 0 saturated heterocycles. The Bertz CT molecular complexity index is 242. The normalized spacial score (nSPS) is 11.6. The van der Waals surface area contributed by atoms with Gasteiger partial charge in [-0.1, -0.05) is 6.08 Å². The third kappa shape index (κ3) is 5.02. The van der Waals surface area contributed by atoms with Gasteiger partial charge in [-0.2, -0.15) is 0 Å². The van der Waals surface area contributed by atoms with E-state index in [1.54, 1.807) is 6.08 Å². The molecule has 0 saturated carbocycles. The van der Waals surface area contributed by atoms with E-state index in [-0.39, 0.29) is 12.5 Å². The van der Waals surface area contributed by atoms with E-state index in [1.165, 1.54) is 14.2 Å². The maximum atomic E-state index is 11.6. The molecule has 1 atom stereocenters. The summed E-state index contributed by atoms with van der Waals surface area (Å²) in [5.74, 6) is -0.769. The van der Waals surface area contributed by atoms with Gasteiger partial charge in [-0.15, -0.1) is 6.58 Å². The lowest BCUT2D eigenvalue weighted by Crippen LogP contribution is -2.38. The van der Waals surface area contributed by atoms with E-state index in [4.69, 9.17) is 9.94 Å². The van der Waals surface area contributed by atoms with Crippen molar-refractivity contribution in [1.82, 2.24) is 10.4 Å². The standard InChI is InChI=1S/C9H16N2O4/c1-4-5-7(6-10-9(13)14)8(12)11(2)15-3/h4,7,10H,1,5-6H2,2-3H3,(H,13,14). The molecular formula is C9H16N2O4. The number of carbonyl (C=O) groups excluding carboxylic acids is 1. The number of nitrogens with one attached hydrogen (secondary N) is 1. The quantitative estimate of drug-likeness (QED) is 0.499. The van der Waals surface area contributed by atoms with Crippen molar-refractivity contribution in [3.05, 3.63) is 12.7 Å². The number of hydrogen-bond acceptors (Lipinski definition) is 3. The first-order valence-electron chi connectivity index (χ1n) is 4.42. The highest BCUT2D eigenvalue weighted by Crippen LogP contribution is 2.06. The molecule has 0 bridgehead atoms. The van der Waals surface area contributed by atoms with Gasteiger partial charge in [0.2, 0.25) is 0 Å². The highest BCUT2D eigenvalue weighted by atomic mass is 16.7. The summed E-state index contributed by atoms with van der Waals surface area (Å²) >= 11 is 0. The highest BCUT2D eigenvalue weighted by molar-refractivity contribution is 5.78. The van der Waals surface area contributed by atoms with Crippen LogP contribution in [0.4, 0.5) is 4.79 Å². The summed E-state index contributed by atoms with van der Waals surface area (Å²) in [6, 6.07) is 0. The van der Waals surface area contributed by atoms with E-state index in [9.17, 15) is 9.59 Å². The van der Waals surface area contributed by atoms with Gasteiger partial charge in [0.05, 0.1) is 13.0 Å². The zero-order chi connectivity index (χ0) is 11.8. The Labute approximate surface area is 88.5 Å². The molecule has 0 aromatic carbocycles. The van der Waals surface area contributed by atoms with Crippen molar-refractivity contribution in [1.29, 1.82) is 0 Å². The van der Waals surface area contributed by atoms with Gasteiger partial charge in [0.15, 0.2) is 0 Å². The first-order chi connectivity index (χ1) is 7.02. The van der Waals surface area contributed by atoms with Crippen LogP contribution in [0, 0.1) is 5.92 Å². The molecule has 6 heteroatoms. The minimum Gasteiger partial charge on any atom is -0.465 e. The summed E-state index contributed by atoms with van der Waals surface area (Å²) in [5.41, 5.74) is 0. The second kappa shape index (κ2) is 6.83. The predicted octanol–water partition coefficient (Wildman–Crippen LogP) is 0.466. The van der Waals surface area contributed by atoms with Crippen LogP contribution in [0.2, 0.25) is 0 Å². The van der Waals surface area contributed by atoms with Crippen LogP contribution in [0.15, 0.2) is 12.7 Å². The lowest BCUT2D eigenvalue weighted by Gasteiger charge is -2.20. The van der Waals surface area contributed by atoms with E-state index in [0.29, 0.717) is 6.42 Å². The Hall–Kier alpha value is -1.56. The maximum Gasteiger partial charge on any atom is 0.404 e. The number of nitrogens with zero attached hydrogens (tertiary/aromatic N) is 1. The number of carboxylic acid groups (broad SMARTS) is 1. The lowest BCUT2D eigenvalue weighted by molar-refractivity contribution is -0.173. The summed E-state index contributed by atoms with van der Waals surface area (Å²) < 4.78 is 0. The van der Waals surface area contributed by atoms with Gasteiger partial charge in [-0.05, 0) is 6.42 Å². The van der Waals surface area contributed by atoms with E-state index in [1.807, 2.05) is 0 Å². The number of amides is 2. The Kier molecular flexibility index (Phi) is 6.12. The summed E-state index contributed by atoms with van der Waals surface area (Å²) in [6.45, 7) is 3.56. The van der Waals surface area contributed by atoms with Gasteiger partial charge in [0.25, 0.3) is 5.91 Å². The van der Waals surface area contributed by atoms with Gasteiger partial charge >= 0.3 is 6.09 Å². The largest absolute Gasteiger partial charge is 0.465 e. The van der Waals surface area contributed by atoms with Crippen LogP contribution in [0.3, 0.4) is 0 Å². The van der Waals surface area contributed by atoms with E-state index in [0.717, 1.165) is 5.06 Å². The van der Waals surface area contributed by atoms with Crippen LogP contribution in [0.25, 0.3) is 0 Å². The molecule has 0 aromatic heterocycles. The molecule has 0 rings (SSSR count). The molecule has 0 fully saturated rings. The third-order valence-corrected chi connectivity index (χ3v) is 1.88. The second-order valence-corrected chi connectivity index (χ2v) is 2.93. The van der Waals surface area contributed by atoms with Gasteiger partial charge in [0.1, 0.15) is 0 Å². The second-order valence-electron chi connectivity index (χ2n) is 2.93. The molecule has 0 heterocycles. The van der Waals surface area contributed by atoms with Crippen molar-refractivity contribution in [3.63, 3.8) is 0 Å². The summed E-state index contributed by atoms with van der Waals surface area (Å²) in [7, 11) is 2.84. The Balaban J connectivity index is 4.30. The van der Waals surface area contributed by atoms with Gasteiger partial charge < -0.3 is 10.4 Å². The van der Waals surface area contributed by atoms with Crippen molar-refractivity contribution >= 4 is 12.0 Å². The average molecular weight is 216 g/mol. The van der Waals surface area contributed by atoms with Gasteiger partial charge in [0, 0.05) is 13.6 Å². The SMILES string of the molecule is C=CCC(CNC(=O)O)C(=O)N(C)OC. The number of hydroxylamine groups is 2. The molecule has 86 valence electrons. The molecule has 1 unspecified atom stereocenters. The fraction of sp³-hybridized carbons (Fsp3) is 0.556. The number of rotatable bonds is 6. The van der Waals surface area contributed by atoms with E-state index in [2.05, 4.69) is 11.9 Å². The zero-order valence-electron chi connectivity index (χ0n) is 8.90. The molecule has 0 spiro atoms. The molecule has 0 aromatic rings. The molecule has 0 aliphatic heterocycles. The van der Waals surface area contributed by atoms with Crippen LogP contribution in [0.5, 0.6) is 0 Å². The Morgan fingerprint density at radius 2 is 2.27 bits per heavy atom. The van der Waals surface area contributed by atoms with Crippen LogP contribution >= 0.6 is 0 Å². The summed E-state index contributed by atoms with van der Waals surface area (Å²) in [5, 5.41) is 11.6. The first-order valence-corrected chi connectivity index (χ1v) is 4.42. The molecule has 6 nitrogen and oxygen atoms in total. The maximum absolute atomic E-state index is 11.6. The molecule has 0 radical (unpaired) electrons. The molecule has 0 aliphatic carbocycles. The monoisotopic (exact) mass is 216 g/mol. The minimum atomic E-state index is -1.16. The number of carbonyl (C=O) groups is 2. The molecule has 15 heavy (non-hydrogen) atoms.